The van der Waals surface area contributed by atoms with E-state index in [1.807, 2.05) is 12.1 Å². The first-order chi connectivity index (χ1) is 14.6. The van der Waals surface area contributed by atoms with Crippen molar-refractivity contribution in [3.8, 4) is 0 Å². The van der Waals surface area contributed by atoms with Crippen LogP contribution in [0, 0.1) is 5.92 Å². The summed E-state index contributed by atoms with van der Waals surface area (Å²) < 4.78 is 7.01. The minimum Gasteiger partial charge on any atom is -0.383 e. The van der Waals surface area contributed by atoms with Crippen LogP contribution in [0.3, 0.4) is 0 Å². The van der Waals surface area contributed by atoms with Crippen molar-refractivity contribution in [1.29, 1.82) is 0 Å². The highest BCUT2D eigenvalue weighted by atomic mass is 16.5. The highest BCUT2D eigenvalue weighted by Gasteiger charge is 2.35. The predicted octanol–water partition coefficient (Wildman–Crippen LogP) is 1.13. The Hall–Kier alpha value is -2.58. The first-order valence-electron chi connectivity index (χ1n) is 10.9. The summed E-state index contributed by atoms with van der Waals surface area (Å²) in [5, 5.41) is 13.5. The molecule has 1 aliphatic heterocycles. The molecule has 1 atom stereocenters. The maximum absolute atomic E-state index is 13.2. The van der Waals surface area contributed by atoms with Gasteiger partial charge in [-0.1, -0.05) is 19.9 Å². The van der Waals surface area contributed by atoms with Crippen LogP contribution in [-0.2, 0) is 17.7 Å². The summed E-state index contributed by atoms with van der Waals surface area (Å²) in [5.41, 5.74) is 2.78. The fourth-order valence-corrected chi connectivity index (χ4v) is 4.43. The zero-order valence-electron chi connectivity index (χ0n) is 18.0. The van der Waals surface area contributed by atoms with Crippen molar-refractivity contribution in [1.82, 2.24) is 25.2 Å². The SMILES string of the molecule is CCc1ccc2[nH]c(=O)c([C@@H](c3nnnn3CCOC)[NH+]3CCC(C)CC3)cc2c1. The molecule has 1 fully saturated rings. The van der Waals surface area contributed by atoms with Gasteiger partial charge in [-0.3, -0.25) is 4.79 Å². The molecule has 30 heavy (non-hydrogen) atoms. The minimum atomic E-state index is -0.206. The second kappa shape index (κ2) is 9.06. The van der Waals surface area contributed by atoms with Crippen LogP contribution in [0.15, 0.2) is 29.1 Å². The molecule has 8 nitrogen and oxygen atoms in total. The largest absolute Gasteiger partial charge is 0.383 e. The van der Waals surface area contributed by atoms with Crippen LogP contribution in [0.25, 0.3) is 10.9 Å². The maximum Gasteiger partial charge on any atom is 0.258 e. The van der Waals surface area contributed by atoms with Crippen molar-refractivity contribution in [2.45, 2.75) is 45.7 Å². The molecule has 1 aliphatic rings. The molecule has 0 unspecified atom stereocenters. The zero-order chi connectivity index (χ0) is 21.1. The summed E-state index contributed by atoms with van der Waals surface area (Å²) in [6.45, 7) is 7.50. The Bertz CT molecular complexity index is 1050. The molecule has 0 saturated carbocycles. The Balaban J connectivity index is 1.82. The molecule has 4 rings (SSSR count). The molecular weight excluding hydrogens is 380 g/mol. The molecule has 0 radical (unpaired) electrons. The number of likely N-dealkylation sites (tertiary alicyclic amines) is 1. The molecule has 160 valence electrons. The molecule has 8 heteroatoms. The first-order valence-corrected chi connectivity index (χ1v) is 10.9. The van der Waals surface area contributed by atoms with Crippen LogP contribution >= 0.6 is 0 Å². The van der Waals surface area contributed by atoms with Gasteiger partial charge in [0.25, 0.3) is 5.56 Å². The molecule has 3 heterocycles. The average Bonchev–Trinajstić information content (AvgIpc) is 3.22. The molecule has 0 spiro atoms. The molecule has 0 bridgehead atoms. The van der Waals surface area contributed by atoms with Gasteiger partial charge in [-0.05, 0) is 64.8 Å². The lowest BCUT2D eigenvalue weighted by atomic mass is 9.95. The Morgan fingerprint density at radius 1 is 1.30 bits per heavy atom. The van der Waals surface area contributed by atoms with E-state index in [1.165, 1.54) is 10.5 Å². The van der Waals surface area contributed by atoms with E-state index in [1.54, 1.807) is 11.8 Å². The number of nitrogens with zero attached hydrogens (tertiary/aromatic N) is 4. The van der Waals surface area contributed by atoms with E-state index < -0.39 is 0 Å². The summed E-state index contributed by atoms with van der Waals surface area (Å²) in [4.78, 5) is 17.6. The number of tetrazole rings is 1. The number of ether oxygens (including phenoxy) is 1. The molecule has 0 aliphatic carbocycles. The Labute approximate surface area is 176 Å². The number of hydrogen-bond donors (Lipinski definition) is 2. The number of hydrogen-bond acceptors (Lipinski definition) is 5. The van der Waals surface area contributed by atoms with E-state index in [4.69, 9.17) is 4.74 Å². The Kier molecular flexibility index (Phi) is 6.24. The van der Waals surface area contributed by atoms with Crippen LogP contribution in [0.4, 0.5) is 0 Å². The topological polar surface area (TPSA) is 90.1 Å². The van der Waals surface area contributed by atoms with Crippen molar-refractivity contribution in [2.75, 3.05) is 26.8 Å². The number of fused-ring (bicyclic) bond motifs is 1. The normalized spacial score (nSPS) is 20.5. The number of benzene rings is 1. The number of pyridine rings is 1. The van der Waals surface area contributed by atoms with Gasteiger partial charge in [0.2, 0.25) is 5.82 Å². The lowest BCUT2D eigenvalue weighted by Crippen LogP contribution is -3.13. The summed E-state index contributed by atoms with van der Waals surface area (Å²) >= 11 is 0. The van der Waals surface area contributed by atoms with E-state index in [0.717, 1.165) is 54.6 Å². The standard InChI is InChI=1S/C22H30N6O2/c1-4-16-5-6-19-17(13-16)14-18(22(29)23-19)20(27-9-7-15(2)8-10-27)21-24-25-26-28(21)11-12-30-3/h5-6,13-15,20H,4,7-12H2,1-3H3,(H,23,29)/p+1/t20-/m0/s1. The first kappa shape index (κ1) is 20.7. The van der Waals surface area contributed by atoms with Gasteiger partial charge in [-0.15, -0.1) is 5.10 Å². The second-order valence-electron chi connectivity index (χ2n) is 8.36. The van der Waals surface area contributed by atoms with Crippen LogP contribution in [0.5, 0.6) is 0 Å². The van der Waals surface area contributed by atoms with E-state index in [9.17, 15) is 4.79 Å². The fourth-order valence-electron chi connectivity index (χ4n) is 4.43. The second-order valence-corrected chi connectivity index (χ2v) is 8.36. The average molecular weight is 412 g/mol. The number of quaternary nitrogens is 1. The summed E-state index contributed by atoms with van der Waals surface area (Å²) in [7, 11) is 1.66. The van der Waals surface area contributed by atoms with Crippen LogP contribution in [0.1, 0.15) is 49.7 Å². The van der Waals surface area contributed by atoms with Crippen LogP contribution in [0.2, 0.25) is 0 Å². The molecular formula is C22H31N6O2+. The number of piperidine rings is 1. The van der Waals surface area contributed by atoms with E-state index in [-0.39, 0.29) is 11.6 Å². The maximum atomic E-state index is 13.2. The van der Waals surface area contributed by atoms with Gasteiger partial charge >= 0.3 is 0 Å². The van der Waals surface area contributed by atoms with Gasteiger partial charge in [-0.25, -0.2) is 4.68 Å². The summed E-state index contributed by atoms with van der Waals surface area (Å²) in [6.07, 6.45) is 3.23. The minimum absolute atomic E-state index is 0.0656. The number of aromatic nitrogens is 5. The highest BCUT2D eigenvalue weighted by Crippen LogP contribution is 2.21. The number of aryl methyl sites for hydroxylation is 1. The highest BCUT2D eigenvalue weighted by molar-refractivity contribution is 5.79. The summed E-state index contributed by atoms with van der Waals surface area (Å²) in [5.74, 6) is 1.44. The molecule has 1 aromatic carbocycles. The van der Waals surface area contributed by atoms with Gasteiger partial charge in [0.15, 0.2) is 6.04 Å². The number of aromatic amines is 1. The predicted molar refractivity (Wildman–Crippen MR) is 115 cm³/mol. The van der Waals surface area contributed by atoms with Crippen molar-refractivity contribution in [3.63, 3.8) is 0 Å². The van der Waals surface area contributed by atoms with Gasteiger partial charge < -0.3 is 14.6 Å². The zero-order valence-corrected chi connectivity index (χ0v) is 18.0. The van der Waals surface area contributed by atoms with Gasteiger partial charge in [-0.2, -0.15) is 0 Å². The van der Waals surface area contributed by atoms with Crippen molar-refractivity contribution >= 4 is 10.9 Å². The third-order valence-electron chi connectivity index (χ3n) is 6.31. The molecule has 2 aromatic heterocycles. The number of rotatable bonds is 7. The van der Waals surface area contributed by atoms with E-state index in [0.29, 0.717) is 19.1 Å². The monoisotopic (exact) mass is 411 g/mol. The lowest BCUT2D eigenvalue weighted by Gasteiger charge is -2.33. The Morgan fingerprint density at radius 3 is 2.83 bits per heavy atom. The number of H-pyrrole nitrogens is 1. The van der Waals surface area contributed by atoms with E-state index in [2.05, 4.69) is 46.5 Å². The van der Waals surface area contributed by atoms with Crippen LogP contribution in [-0.4, -0.2) is 52.0 Å². The van der Waals surface area contributed by atoms with Gasteiger partial charge in [0, 0.05) is 12.6 Å². The lowest BCUT2D eigenvalue weighted by molar-refractivity contribution is -0.932. The molecule has 2 N–H and O–H groups in total. The third-order valence-corrected chi connectivity index (χ3v) is 6.31. The smallest absolute Gasteiger partial charge is 0.258 e. The fraction of sp³-hybridized carbons (Fsp3) is 0.545. The van der Waals surface area contributed by atoms with Gasteiger partial charge in [0.05, 0.1) is 31.8 Å². The van der Waals surface area contributed by atoms with Gasteiger partial charge in [0.1, 0.15) is 0 Å². The van der Waals surface area contributed by atoms with Crippen molar-refractivity contribution in [3.05, 3.63) is 51.6 Å². The molecule has 3 aromatic rings. The van der Waals surface area contributed by atoms with Crippen molar-refractivity contribution < 1.29 is 9.64 Å². The molecule has 1 saturated heterocycles. The number of methoxy groups -OCH3 is 1. The third kappa shape index (κ3) is 4.15. The summed E-state index contributed by atoms with van der Waals surface area (Å²) in [6, 6.07) is 8.05. The van der Waals surface area contributed by atoms with E-state index >= 15 is 0 Å². The van der Waals surface area contributed by atoms with Crippen molar-refractivity contribution in [2.24, 2.45) is 5.92 Å². The number of nitrogens with one attached hydrogen (secondary N) is 2. The molecule has 0 amide bonds. The van der Waals surface area contributed by atoms with Crippen LogP contribution < -0.4 is 10.5 Å². The quantitative estimate of drug-likeness (QED) is 0.608. The Morgan fingerprint density at radius 2 is 2.10 bits per heavy atom.